The minimum atomic E-state index is -0.499. The molecule has 0 spiro atoms. The van der Waals surface area contributed by atoms with E-state index in [9.17, 15) is 9.90 Å². The van der Waals surface area contributed by atoms with Crippen LogP contribution in [0.4, 0.5) is 0 Å². The highest BCUT2D eigenvalue weighted by Crippen LogP contribution is 2.22. The van der Waals surface area contributed by atoms with Crippen molar-refractivity contribution >= 4 is 5.91 Å². The van der Waals surface area contributed by atoms with Gasteiger partial charge in [-0.25, -0.2) is 0 Å². The molecule has 2 atom stereocenters. The van der Waals surface area contributed by atoms with Gasteiger partial charge in [-0.1, -0.05) is 0 Å². The van der Waals surface area contributed by atoms with Crippen molar-refractivity contribution in [2.75, 3.05) is 6.54 Å². The zero-order valence-corrected chi connectivity index (χ0v) is 7.95. The second-order valence-corrected chi connectivity index (χ2v) is 3.76. The van der Waals surface area contributed by atoms with Crippen LogP contribution in [0.2, 0.25) is 0 Å². The molecule has 1 aliphatic heterocycles. The van der Waals surface area contributed by atoms with Crippen LogP contribution in [0.1, 0.15) is 27.2 Å². The highest BCUT2D eigenvalue weighted by molar-refractivity contribution is 5.81. The predicted molar refractivity (Wildman–Crippen MR) is 46.6 cm³/mol. The Morgan fingerprint density at radius 3 is 2.33 bits per heavy atom. The number of aliphatic hydroxyl groups excluding tert-OH is 1. The summed E-state index contributed by atoms with van der Waals surface area (Å²) in [5.41, 5.74) is 0. The molecular formula is C9H17NO2. The number of carbonyl (C=O) groups excluding carboxylic acids is 1. The molecule has 1 heterocycles. The van der Waals surface area contributed by atoms with E-state index in [-0.39, 0.29) is 17.9 Å². The van der Waals surface area contributed by atoms with E-state index in [0.717, 1.165) is 13.0 Å². The molecule has 1 fully saturated rings. The summed E-state index contributed by atoms with van der Waals surface area (Å²) in [7, 11) is 0. The van der Waals surface area contributed by atoms with Crippen LogP contribution in [0.15, 0.2) is 0 Å². The number of aliphatic hydroxyl groups is 1. The van der Waals surface area contributed by atoms with Crippen molar-refractivity contribution in [1.82, 2.24) is 4.90 Å². The van der Waals surface area contributed by atoms with E-state index in [0.29, 0.717) is 0 Å². The van der Waals surface area contributed by atoms with Crippen LogP contribution in [0, 0.1) is 5.92 Å². The first kappa shape index (κ1) is 9.52. The SMILES string of the molecule is CC(O)C1CCN(C(C)C)C1=O. The zero-order valence-electron chi connectivity index (χ0n) is 7.95. The van der Waals surface area contributed by atoms with Gasteiger partial charge in [-0.15, -0.1) is 0 Å². The molecule has 0 aliphatic carbocycles. The van der Waals surface area contributed by atoms with Crippen molar-refractivity contribution in [3.05, 3.63) is 0 Å². The van der Waals surface area contributed by atoms with Crippen molar-refractivity contribution in [2.24, 2.45) is 5.92 Å². The fraction of sp³-hybridized carbons (Fsp3) is 0.889. The fourth-order valence-corrected chi connectivity index (χ4v) is 1.69. The van der Waals surface area contributed by atoms with Gasteiger partial charge in [-0.3, -0.25) is 4.79 Å². The molecule has 1 aliphatic rings. The molecule has 12 heavy (non-hydrogen) atoms. The minimum Gasteiger partial charge on any atom is -0.393 e. The second-order valence-electron chi connectivity index (χ2n) is 3.76. The van der Waals surface area contributed by atoms with Gasteiger partial charge < -0.3 is 10.0 Å². The summed E-state index contributed by atoms with van der Waals surface area (Å²) in [4.78, 5) is 13.4. The maximum Gasteiger partial charge on any atom is 0.228 e. The smallest absolute Gasteiger partial charge is 0.228 e. The standard InChI is InChI=1S/C9H17NO2/c1-6(2)10-5-4-8(7(3)11)9(10)12/h6-8,11H,4-5H2,1-3H3. The van der Waals surface area contributed by atoms with Gasteiger partial charge in [0, 0.05) is 12.6 Å². The van der Waals surface area contributed by atoms with Crippen molar-refractivity contribution < 1.29 is 9.90 Å². The molecule has 0 aromatic heterocycles. The Hall–Kier alpha value is -0.570. The summed E-state index contributed by atoms with van der Waals surface area (Å²) >= 11 is 0. The molecule has 2 unspecified atom stereocenters. The Morgan fingerprint density at radius 2 is 2.08 bits per heavy atom. The van der Waals surface area contributed by atoms with Gasteiger partial charge in [0.05, 0.1) is 12.0 Å². The van der Waals surface area contributed by atoms with E-state index in [2.05, 4.69) is 0 Å². The van der Waals surface area contributed by atoms with Crippen LogP contribution in [-0.4, -0.2) is 34.6 Å². The zero-order chi connectivity index (χ0) is 9.30. The Bertz CT molecular complexity index is 159. The van der Waals surface area contributed by atoms with Crippen molar-refractivity contribution in [3.63, 3.8) is 0 Å². The average molecular weight is 171 g/mol. The lowest BCUT2D eigenvalue weighted by molar-refractivity contribution is -0.134. The number of hydrogen-bond donors (Lipinski definition) is 1. The normalized spacial score (nSPS) is 26.9. The molecule has 1 N–H and O–H groups in total. The molecule has 0 bridgehead atoms. The summed E-state index contributed by atoms with van der Waals surface area (Å²) in [5, 5.41) is 9.27. The summed E-state index contributed by atoms with van der Waals surface area (Å²) < 4.78 is 0. The molecule has 1 rings (SSSR count). The molecule has 3 heteroatoms. The van der Waals surface area contributed by atoms with E-state index in [1.807, 2.05) is 18.7 Å². The van der Waals surface area contributed by atoms with Crippen molar-refractivity contribution in [3.8, 4) is 0 Å². The molecule has 0 radical (unpaired) electrons. The van der Waals surface area contributed by atoms with Gasteiger partial charge in [0.25, 0.3) is 0 Å². The average Bonchev–Trinajstić information content (AvgIpc) is 2.30. The maximum absolute atomic E-state index is 11.6. The van der Waals surface area contributed by atoms with Gasteiger partial charge in [0.2, 0.25) is 5.91 Å². The summed E-state index contributed by atoms with van der Waals surface area (Å²) in [6.45, 7) is 6.49. The van der Waals surface area contributed by atoms with E-state index in [4.69, 9.17) is 0 Å². The quantitative estimate of drug-likeness (QED) is 0.661. The molecule has 0 saturated carbocycles. The third kappa shape index (κ3) is 1.61. The molecule has 1 amide bonds. The number of hydrogen-bond acceptors (Lipinski definition) is 2. The molecule has 1 saturated heterocycles. The van der Waals surface area contributed by atoms with Crippen molar-refractivity contribution in [2.45, 2.75) is 39.3 Å². The van der Waals surface area contributed by atoms with Gasteiger partial charge in [0.15, 0.2) is 0 Å². The van der Waals surface area contributed by atoms with Gasteiger partial charge in [-0.2, -0.15) is 0 Å². The molecule has 70 valence electrons. The Labute approximate surface area is 73.4 Å². The van der Waals surface area contributed by atoms with Gasteiger partial charge >= 0.3 is 0 Å². The monoisotopic (exact) mass is 171 g/mol. The number of nitrogens with zero attached hydrogens (tertiary/aromatic N) is 1. The van der Waals surface area contributed by atoms with Crippen LogP contribution in [0.5, 0.6) is 0 Å². The lowest BCUT2D eigenvalue weighted by Crippen LogP contribution is -2.35. The van der Waals surface area contributed by atoms with Crippen molar-refractivity contribution in [1.29, 1.82) is 0 Å². The Kier molecular flexibility index (Phi) is 2.73. The number of likely N-dealkylation sites (tertiary alicyclic amines) is 1. The third-order valence-electron chi connectivity index (χ3n) is 2.49. The third-order valence-corrected chi connectivity index (χ3v) is 2.49. The minimum absolute atomic E-state index is 0.111. The van der Waals surface area contributed by atoms with Crippen LogP contribution in [-0.2, 0) is 4.79 Å². The van der Waals surface area contributed by atoms with Gasteiger partial charge in [-0.05, 0) is 27.2 Å². The molecular weight excluding hydrogens is 154 g/mol. The van der Waals surface area contributed by atoms with Crippen LogP contribution < -0.4 is 0 Å². The number of carbonyl (C=O) groups is 1. The maximum atomic E-state index is 11.6. The Morgan fingerprint density at radius 1 is 1.50 bits per heavy atom. The lowest BCUT2D eigenvalue weighted by atomic mass is 10.0. The highest BCUT2D eigenvalue weighted by atomic mass is 16.3. The lowest BCUT2D eigenvalue weighted by Gasteiger charge is -2.21. The first-order chi connectivity index (χ1) is 5.54. The second kappa shape index (κ2) is 3.44. The van der Waals surface area contributed by atoms with E-state index in [1.54, 1.807) is 6.92 Å². The van der Waals surface area contributed by atoms with E-state index >= 15 is 0 Å². The fourth-order valence-electron chi connectivity index (χ4n) is 1.69. The topological polar surface area (TPSA) is 40.5 Å². The largest absolute Gasteiger partial charge is 0.393 e. The van der Waals surface area contributed by atoms with E-state index in [1.165, 1.54) is 0 Å². The first-order valence-electron chi connectivity index (χ1n) is 4.52. The summed E-state index contributed by atoms with van der Waals surface area (Å²) in [6, 6.07) is 0.265. The molecule has 3 nitrogen and oxygen atoms in total. The molecule has 0 aromatic rings. The summed E-state index contributed by atoms with van der Waals surface area (Å²) in [6.07, 6.45) is 0.301. The van der Waals surface area contributed by atoms with Gasteiger partial charge in [0.1, 0.15) is 0 Å². The van der Waals surface area contributed by atoms with Crippen LogP contribution in [0.25, 0.3) is 0 Å². The number of amides is 1. The summed E-state index contributed by atoms with van der Waals surface area (Å²) in [5.74, 6) is -0.0487. The Balaban J connectivity index is 2.61. The van der Waals surface area contributed by atoms with Crippen LogP contribution in [0.3, 0.4) is 0 Å². The first-order valence-corrected chi connectivity index (χ1v) is 4.52. The van der Waals surface area contributed by atoms with E-state index < -0.39 is 6.10 Å². The predicted octanol–water partition coefficient (Wildman–Crippen LogP) is 0.624. The number of rotatable bonds is 2. The van der Waals surface area contributed by atoms with Crippen LogP contribution >= 0.6 is 0 Å². The molecule has 0 aromatic carbocycles. The highest BCUT2D eigenvalue weighted by Gasteiger charge is 2.35.